The molecule has 4 aliphatic rings. The number of carbonyl (C=O) groups excluding carboxylic acids is 2. The number of aliphatic hydroxyl groups is 1. The molecule has 4 aliphatic carbocycles. The van der Waals surface area contributed by atoms with Gasteiger partial charge in [-0.05, 0) is 105 Å². The summed E-state index contributed by atoms with van der Waals surface area (Å²) in [4.78, 5) is 26.4. The second-order valence-electron chi connectivity index (χ2n) is 14.1. The molecule has 5 heteroatoms. The lowest BCUT2D eigenvalue weighted by Gasteiger charge is -2.57. The number of ketones is 1. The van der Waals surface area contributed by atoms with Crippen LogP contribution in [0, 0.1) is 28.1 Å². The van der Waals surface area contributed by atoms with E-state index >= 15 is 0 Å². The first-order valence-electron chi connectivity index (χ1n) is 15.8. The van der Waals surface area contributed by atoms with Crippen molar-refractivity contribution in [2.45, 2.75) is 98.7 Å². The van der Waals surface area contributed by atoms with E-state index in [9.17, 15) is 14.7 Å². The van der Waals surface area contributed by atoms with Gasteiger partial charge in [0.15, 0.2) is 5.76 Å². The van der Waals surface area contributed by atoms with Crippen LogP contribution in [0.25, 0.3) is 0 Å². The van der Waals surface area contributed by atoms with Crippen LogP contribution in [0.15, 0.2) is 77.1 Å². The lowest BCUT2D eigenvalue weighted by atomic mass is 9.50. The van der Waals surface area contributed by atoms with Crippen LogP contribution in [0.4, 0.5) is 0 Å². The summed E-state index contributed by atoms with van der Waals surface area (Å²) in [6.07, 6.45) is 13.5. The summed E-state index contributed by atoms with van der Waals surface area (Å²) in [5, 5.41) is 12.6. The second kappa shape index (κ2) is 11.3. The van der Waals surface area contributed by atoms with Crippen LogP contribution in [0.3, 0.4) is 0 Å². The Morgan fingerprint density at radius 1 is 0.976 bits per heavy atom. The lowest BCUT2D eigenvalue weighted by molar-refractivity contribution is -0.196. The largest absolute Gasteiger partial charge is 0.485 e. The number of ether oxygens (including phenoxy) is 2. The van der Waals surface area contributed by atoms with Crippen LogP contribution in [-0.4, -0.2) is 29.1 Å². The highest BCUT2D eigenvalue weighted by Crippen LogP contribution is 2.60. The third-order valence-electron chi connectivity index (χ3n) is 11.3. The minimum atomic E-state index is -0.994. The van der Waals surface area contributed by atoms with E-state index in [0.717, 1.165) is 55.2 Å². The Kier molecular flexibility index (Phi) is 8.21. The number of benzene rings is 1. The van der Waals surface area contributed by atoms with Crippen LogP contribution in [0.5, 0.6) is 0 Å². The van der Waals surface area contributed by atoms with E-state index in [2.05, 4.69) is 39.8 Å². The average Bonchev–Trinajstić information content (AvgIpc) is 2.97. The summed E-state index contributed by atoms with van der Waals surface area (Å²) in [6.45, 7) is 13.5. The van der Waals surface area contributed by atoms with Crippen LogP contribution in [0.1, 0.15) is 92.1 Å². The first kappa shape index (κ1) is 30.5. The van der Waals surface area contributed by atoms with E-state index in [1.54, 1.807) is 6.08 Å². The molecule has 0 amide bonds. The Hall–Kier alpha value is -2.92. The maximum Gasteiger partial charge on any atom is 0.311 e. The molecule has 0 spiro atoms. The number of rotatable bonds is 5. The molecule has 0 bridgehead atoms. The summed E-state index contributed by atoms with van der Waals surface area (Å²) >= 11 is 0. The minimum absolute atomic E-state index is 0.0300. The molecule has 2 fully saturated rings. The molecule has 0 heterocycles. The molecule has 2 saturated carbocycles. The number of carbonyl (C=O) groups is 2. The molecule has 42 heavy (non-hydrogen) atoms. The summed E-state index contributed by atoms with van der Waals surface area (Å²) < 4.78 is 11.5. The monoisotopic (exact) mass is 572 g/mol. The smallest absolute Gasteiger partial charge is 0.311 e. The van der Waals surface area contributed by atoms with Gasteiger partial charge in [-0.2, -0.15) is 0 Å². The minimum Gasteiger partial charge on any atom is -0.485 e. The van der Waals surface area contributed by atoms with Gasteiger partial charge >= 0.3 is 5.97 Å². The van der Waals surface area contributed by atoms with E-state index in [4.69, 9.17) is 9.47 Å². The van der Waals surface area contributed by atoms with Crippen molar-refractivity contribution in [3.05, 3.63) is 82.7 Å². The highest BCUT2D eigenvalue weighted by atomic mass is 16.5. The van der Waals surface area contributed by atoms with Gasteiger partial charge in [0.1, 0.15) is 6.61 Å². The van der Waals surface area contributed by atoms with Crippen LogP contribution >= 0.6 is 0 Å². The number of esters is 1. The Balaban J connectivity index is 1.44. The summed E-state index contributed by atoms with van der Waals surface area (Å²) in [6, 6.07) is 9.89. The van der Waals surface area contributed by atoms with E-state index in [-0.39, 0.29) is 34.4 Å². The van der Waals surface area contributed by atoms with E-state index in [0.29, 0.717) is 25.4 Å². The molecule has 6 atom stereocenters. The fourth-order valence-electron chi connectivity index (χ4n) is 8.24. The maximum atomic E-state index is 13.4. The third kappa shape index (κ3) is 5.23. The highest BCUT2D eigenvalue weighted by Gasteiger charge is 2.59. The fourth-order valence-corrected chi connectivity index (χ4v) is 8.24. The standard InChI is InChI=1S/C37H48O5/c1-7-41-33(39)34(4)19-20-35(5)17-15-25(2)29-14-13-28-21-32(42-23-27-11-9-8-10-12-27)31(38)22-30(28)36(29,6)18-16-26(3)37(35,40)24-34/h8-14,21-22,25-26,40H,7,15-20,23-24H2,1-6H3/t25-,26+,34+,35-,36+,37+/m0/s1. The lowest BCUT2D eigenvalue weighted by Crippen LogP contribution is -2.59. The molecule has 5 rings (SSSR count). The number of fused-ring (bicyclic) bond motifs is 4. The second-order valence-corrected chi connectivity index (χ2v) is 14.1. The first-order valence-corrected chi connectivity index (χ1v) is 15.8. The fraction of sp³-hybridized carbons (Fsp3) is 0.568. The summed E-state index contributed by atoms with van der Waals surface area (Å²) in [5.74, 6) is 0.345. The Morgan fingerprint density at radius 2 is 1.71 bits per heavy atom. The van der Waals surface area contributed by atoms with Crippen molar-refractivity contribution in [2.75, 3.05) is 6.61 Å². The van der Waals surface area contributed by atoms with Gasteiger partial charge in [-0.1, -0.05) is 75.8 Å². The van der Waals surface area contributed by atoms with Gasteiger partial charge in [-0.15, -0.1) is 0 Å². The molecule has 0 unspecified atom stereocenters. The molecule has 1 aromatic rings. The molecule has 1 N–H and O–H groups in total. The van der Waals surface area contributed by atoms with Gasteiger partial charge < -0.3 is 14.6 Å². The molecule has 0 aliphatic heterocycles. The predicted molar refractivity (Wildman–Crippen MR) is 165 cm³/mol. The van der Waals surface area contributed by atoms with E-state index in [1.807, 2.05) is 50.3 Å². The molecular formula is C37H48O5. The number of allylic oxidation sites excluding steroid dienone is 7. The van der Waals surface area contributed by atoms with Crippen molar-refractivity contribution in [3.8, 4) is 0 Å². The van der Waals surface area contributed by atoms with E-state index in [1.165, 1.54) is 5.57 Å². The molecule has 226 valence electrons. The Bertz CT molecular complexity index is 1350. The molecular weight excluding hydrogens is 524 g/mol. The van der Waals surface area contributed by atoms with Gasteiger partial charge in [0.2, 0.25) is 5.78 Å². The van der Waals surface area contributed by atoms with Crippen LogP contribution < -0.4 is 0 Å². The van der Waals surface area contributed by atoms with Crippen molar-refractivity contribution >= 4 is 11.8 Å². The quantitative estimate of drug-likeness (QED) is 0.365. The molecule has 0 aromatic heterocycles. The van der Waals surface area contributed by atoms with Gasteiger partial charge in [-0.25, -0.2) is 0 Å². The van der Waals surface area contributed by atoms with Crippen molar-refractivity contribution in [1.29, 1.82) is 0 Å². The Labute approximate surface area is 251 Å². The van der Waals surface area contributed by atoms with Crippen molar-refractivity contribution in [2.24, 2.45) is 28.1 Å². The Morgan fingerprint density at radius 3 is 2.43 bits per heavy atom. The normalized spacial score (nSPS) is 36.6. The molecule has 0 radical (unpaired) electrons. The SMILES string of the molecule is CCOC(=O)[C@]1(C)CC[C@]2(C)CC[C@H](C)C3=CC=C4C=C(OCc5ccccc5)C(=O)C=C4[C@]3(C)CC[C@@H](C)[C@]2(O)C1. The highest BCUT2D eigenvalue weighted by molar-refractivity contribution is 6.06. The average molecular weight is 573 g/mol. The zero-order valence-electron chi connectivity index (χ0n) is 26.3. The summed E-state index contributed by atoms with van der Waals surface area (Å²) in [5.41, 5.74) is 2.15. The topological polar surface area (TPSA) is 72.8 Å². The third-order valence-corrected chi connectivity index (χ3v) is 11.3. The van der Waals surface area contributed by atoms with Crippen LogP contribution in [-0.2, 0) is 25.7 Å². The zero-order chi connectivity index (χ0) is 30.3. The van der Waals surface area contributed by atoms with Crippen molar-refractivity contribution in [1.82, 2.24) is 0 Å². The number of hydrogen-bond acceptors (Lipinski definition) is 5. The zero-order valence-corrected chi connectivity index (χ0v) is 26.3. The van der Waals surface area contributed by atoms with Gasteiger partial charge in [0.05, 0.1) is 17.6 Å². The van der Waals surface area contributed by atoms with Crippen molar-refractivity contribution < 1.29 is 24.2 Å². The van der Waals surface area contributed by atoms with Crippen LogP contribution in [0.2, 0.25) is 0 Å². The molecule has 0 saturated heterocycles. The van der Waals surface area contributed by atoms with Crippen molar-refractivity contribution in [3.63, 3.8) is 0 Å². The first-order chi connectivity index (χ1) is 19.8. The number of hydrogen-bond donors (Lipinski definition) is 1. The molecule has 5 nitrogen and oxygen atoms in total. The van der Waals surface area contributed by atoms with Gasteiger partial charge in [0, 0.05) is 5.41 Å². The molecule has 1 aromatic carbocycles. The van der Waals surface area contributed by atoms with Gasteiger partial charge in [0.25, 0.3) is 0 Å². The predicted octanol–water partition coefficient (Wildman–Crippen LogP) is 7.81. The van der Waals surface area contributed by atoms with Gasteiger partial charge in [-0.3, -0.25) is 9.59 Å². The maximum absolute atomic E-state index is 13.4. The summed E-state index contributed by atoms with van der Waals surface area (Å²) in [7, 11) is 0. The van der Waals surface area contributed by atoms with E-state index < -0.39 is 11.0 Å².